The van der Waals surface area contributed by atoms with Crippen molar-refractivity contribution in [2.75, 3.05) is 0 Å². The smallest absolute Gasteiger partial charge is 0.270 e. The molecule has 0 bridgehead atoms. The van der Waals surface area contributed by atoms with Crippen LogP contribution in [0.5, 0.6) is 0 Å². The molecule has 118 valence electrons. The summed E-state index contributed by atoms with van der Waals surface area (Å²) < 4.78 is 1.60. The second kappa shape index (κ2) is 6.08. The summed E-state index contributed by atoms with van der Waals surface area (Å²) in [6.07, 6.45) is 1.75. The van der Waals surface area contributed by atoms with Crippen LogP contribution in [-0.2, 0) is 7.05 Å². The Hall–Kier alpha value is -2.89. The zero-order valence-electron chi connectivity index (χ0n) is 13.4. The molecule has 1 aromatic carbocycles. The molecule has 6 nitrogen and oxygen atoms in total. The van der Waals surface area contributed by atoms with E-state index in [0.717, 1.165) is 22.8 Å². The van der Waals surface area contributed by atoms with Crippen molar-refractivity contribution < 1.29 is 4.79 Å². The van der Waals surface area contributed by atoms with Gasteiger partial charge in [0.15, 0.2) is 0 Å². The Balaban J connectivity index is 1.79. The Morgan fingerprint density at radius 2 is 2.04 bits per heavy atom. The minimum absolute atomic E-state index is 0.177. The molecule has 6 heteroatoms. The second-order valence-corrected chi connectivity index (χ2v) is 5.55. The molecule has 2 aromatic heterocycles. The number of carbonyl (C=O) groups excluding carboxylic acids is 1. The van der Waals surface area contributed by atoms with Gasteiger partial charge < -0.3 is 10.3 Å². The quantitative estimate of drug-likeness (QED) is 0.778. The minimum atomic E-state index is -0.203. The van der Waals surface area contributed by atoms with Gasteiger partial charge in [-0.25, -0.2) is 4.98 Å². The first-order chi connectivity index (χ1) is 11.0. The summed E-state index contributed by atoms with van der Waals surface area (Å²) in [6.45, 7) is 3.82. The van der Waals surface area contributed by atoms with Crippen molar-refractivity contribution in [2.24, 2.45) is 7.05 Å². The molecule has 0 saturated heterocycles. The molecule has 3 rings (SSSR count). The van der Waals surface area contributed by atoms with Crippen molar-refractivity contribution in [3.05, 3.63) is 59.8 Å². The third kappa shape index (κ3) is 3.15. The fourth-order valence-corrected chi connectivity index (χ4v) is 2.42. The number of imidazole rings is 1. The lowest BCUT2D eigenvalue weighted by atomic mass is 10.1. The van der Waals surface area contributed by atoms with Gasteiger partial charge in [-0.3, -0.25) is 9.48 Å². The van der Waals surface area contributed by atoms with Crippen LogP contribution in [-0.4, -0.2) is 25.7 Å². The lowest BCUT2D eigenvalue weighted by Crippen LogP contribution is -2.29. The first-order valence-corrected chi connectivity index (χ1v) is 7.46. The predicted molar refractivity (Wildman–Crippen MR) is 87.8 cm³/mol. The molecule has 0 fully saturated rings. The van der Waals surface area contributed by atoms with E-state index >= 15 is 0 Å². The zero-order valence-corrected chi connectivity index (χ0v) is 13.4. The topological polar surface area (TPSA) is 75.6 Å². The molecule has 0 spiro atoms. The van der Waals surface area contributed by atoms with Crippen LogP contribution in [0.3, 0.4) is 0 Å². The van der Waals surface area contributed by atoms with Crippen LogP contribution >= 0.6 is 0 Å². The molecule has 2 heterocycles. The Morgan fingerprint density at radius 1 is 1.30 bits per heavy atom. The van der Waals surface area contributed by atoms with Gasteiger partial charge in [0.1, 0.15) is 11.5 Å². The number of hydrogen-bond donors (Lipinski definition) is 2. The largest absolute Gasteiger partial charge is 0.344 e. The van der Waals surface area contributed by atoms with Crippen LogP contribution in [0.1, 0.15) is 35.0 Å². The summed E-state index contributed by atoms with van der Waals surface area (Å²) in [4.78, 5) is 19.9. The highest BCUT2D eigenvalue weighted by atomic mass is 16.2. The summed E-state index contributed by atoms with van der Waals surface area (Å²) in [5, 5.41) is 7.36. The molecule has 0 aliphatic heterocycles. The number of carbonyl (C=O) groups is 1. The standard InChI is InChI=1S/C17H19N5O/c1-11-10-18-16(19-11)12(2)20-17(23)15-9-14(21-22(15)3)13-7-5-4-6-8-13/h4-10,12H,1-3H3,(H,18,19)(H,20,23)/t12-/m0/s1. The maximum Gasteiger partial charge on any atom is 0.270 e. The molecule has 1 atom stereocenters. The van der Waals surface area contributed by atoms with Crippen molar-refractivity contribution in [3.63, 3.8) is 0 Å². The van der Waals surface area contributed by atoms with Gasteiger partial charge >= 0.3 is 0 Å². The van der Waals surface area contributed by atoms with E-state index in [1.807, 2.05) is 44.2 Å². The van der Waals surface area contributed by atoms with Crippen LogP contribution in [0.2, 0.25) is 0 Å². The van der Waals surface area contributed by atoms with Gasteiger partial charge in [-0.05, 0) is 19.9 Å². The maximum absolute atomic E-state index is 12.5. The second-order valence-electron chi connectivity index (χ2n) is 5.55. The molecule has 23 heavy (non-hydrogen) atoms. The van der Waals surface area contributed by atoms with Crippen LogP contribution < -0.4 is 5.32 Å². The summed E-state index contributed by atoms with van der Waals surface area (Å²) >= 11 is 0. The minimum Gasteiger partial charge on any atom is -0.344 e. The Labute approximate surface area is 134 Å². The number of benzene rings is 1. The summed E-state index contributed by atoms with van der Waals surface area (Å²) in [5.41, 5.74) is 3.24. The first-order valence-electron chi connectivity index (χ1n) is 7.46. The normalized spacial score (nSPS) is 12.1. The van der Waals surface area contributed by atoms with E-state index in [1.54, 1.807) is 24.0 Å². The molecule has 0 aliphatic rings. The highest BCUT2D eigenvalue weighted by molar-refractivity contribution is 5.93. The SMILES string of the molecule is Cc1cnc([C@H](C)NC(=O)c2cc(-c3ccccc3)nn2C)[nH]1. The number of hydrogen-bond acceptors (Lipinski definition) is 3. The third-order valence-corrected chi connectivity index (χ3v) is 3.66. The summed E-state index contributed by atoms with van der Waals surface area (Å²) in [5.74, 6) is 0.560. The molecule has 0 unspecified atom stereocenters. The van der Waals surface area contributed by atoms with Gasteiger partial charge in [-0.15, -0.1) is 0 Å². The zero-order chi connectivity index (χ0) is 16.4. The molecule has 0 aliphatic carbocycles. The van der Waals surface area contributed by atoms with Gasteiger partial charge in [-0.1, -0.05) is 30.3 Å². The lowest BCUT2D eigenvalue weighted by Gasteiger charge is -2.11. The van der Waals surface area contributed by atoms with Crippen LogP contribution in [0.15, 0.2) is 42.6 Å². The highest BCUT2D eigenvalue weighted by Crippen LogP contribution is 2.19. The van der Waals surface area contributed by atoms with Crippen LogP contribution in [0, 0.1) is 6.92 Å². The van der Waals surface area contributed by atoms with E-state index in [4.69, 9.17) is 0 Å². The third-order valence-electron chi connectivity index (χ3n) is 3.66. The van der Waals surface area contributed by atoms with E-state index in [-0.39, 0.29) is 11.9 Å². The molecule has 1 amide bonds. The fourth-order valence-electron chi connectivity index (χ4n) is 2.42. The van der Waals surface area contributed by atoms with Gasteiger partial charge in [0.25, 0.3) is 5.91 Å². The molecule has 3 aromatic rings. The number of nitrogens with zero attached hydrogens (tertiary/aromatic N) is 3. The van der Waals surface area contributed by atoms with Gasteiger partial charge in [0, 0.05) is 24.5 Å². The highest BCUT2D eigenvalue weighted by Gasteiger charge is 2.18. The van der Waals surface area contributed by atoms with Crippen molar-refractivity contribution >= 4 is 5.91 Å². The van der Waals surface area contributed by atoms with Crippen molar-refractivity contribution in [1.29, 1.82) is 0 Å². The number of rotatable bonds is 4. The molecule has 2 N–H and O–H groups in total. The summed E-state index contributed by atoms with van der Waals surface area (Å²) in [7, 11) is 1.77. The number of aryl methyl sites for hydroxylation is 2. The lowest BCUT2D eigenvalue weighted by molar-refractivity contribution is 0.0929. The number of nitrogens with one attached hydrogen (secondary N) is 2. The number of aromatic amines is 1. The molecular formula is C17H19N5O. The van der Waals surface area contributed by atoms with Crippen molar-refractivity contribution in [3.8, 4) is 11.3 Å². The van der Waals surface area contributed by atoms with E-state index in [9.17, 15) is 4.79 Å². The number of amides is 1. The van der Waals surface area contributed by atoms with E-state index < -0.39 is 0 Å². The van der Waals surface area contributed by atoms with Gasteiger partial charge in [0.2, 0.25) is 0 Å². The monoisotopic (exact) mass is 309 g/mol. The van der Waals surface area contributed by atoms with Crippen LogP contribution in [0.25, 0.3) is 11.3 Å². The predicted octanol–water partition coefficient (Wildman–Crippen LogP) is 2.61. The van der Waals surface area contributed by atoms with E-state index in [0.29, 0.717) is 5.69 Å². The van der Waals surface area contributed by atoms with E-state index in [2.05, 4.69) is 20.4 Å². The average molecular weight is 309 g/mol. The number of aromatic nitrogens is 4. The Bertz CT molecular complexity index is 819. The van der Waals surface area contributed by atoms with Crippen LogP contribution in [0.4, 0.5) is 0 Å². The molecule has 0 saturated carbocycles. The van der Waals surface area contributed by atoms with Crippen molar-refractivity contribution in [2.45, 2.75) is 19.9 Å². The Morgan fingerprint density at radius 3 is 2.70 bits per heavy atom. The van der Waals surface area contributed by atoms with Crippen molar-refractivity contribution in [1.82, 2.24) is 25.1 Å². The van der Waals surface area contributed by atoms with Gasteiger partial charge in [-0.2, -0.15) is 5.10 Å². The number of H-pyrrole nitrogens is 1. The fraction of sp³-hybridized carbons (Fsp3) is 0.235. The first kappa shape index (κ1) is 15.0. The Kier molecular flexibility index (Phi) is 3.97. The van der Waals surface area contributed by atoms with E-state index in [1.165, 1.54) is 0 Å². The molecular weight excluding hydrogens is 290 g/mol. The summed E-state index contributed by atoms with van der Waals surface area (Å²) in [6, 6.07) is 11.4. The van der Waals surface area contributed by atoms with Gasteiger partial charge in [0.05, 0.1) is 11.7 Å². The molecule has 0 radical (unpaired) electrons. The average Bonchev–Trinajstić information content (AvgIpc) is 3.14. The maximum atomic E-state index is 12.5.